The van der Waals surface area contributed by atoms with Gasteiger partial charge in [0.25, 0.3) is 0 Å². The minimum Gasteiger partial charge on any atom is -0.457 e. The van der Waals surface area contributed by atoms with Crippen LogP contribution in [0.3, 0.4) is 0 Å². The second-order valence-corrected chi connectivity index (χ2v) is 10.6. The van der Waals surface area contributed by atoms with Crippen LogP contribution in [0.5, 0.6) is 0 Å². The van der Waals surface area contributed by atoms with E-state index in [-0.39, 0.29) is 48.8 Å². The SMILES string of the molecule is CCCC/C=C\C=C\[C@@H]1OC(=O)C[C@@H]2C[C@H](O)C[C@H](C[C@@H]3CCC[C@H](C[C@@H](C)/C=C/[C@@H]1C)O3)O2. The zero-order valence-corrected chi connectivity index (χ0v) is 21.4. The van der Waals surface area contributed by atoms with Crippen LogP contribution in [0.4, 0.5) is 0 Å². The van der Waals surface area contributed by atoms with E-state index in [0.29, 0.717) is 18.8 Å². The van der Waals surface area contributed by atoms with E-state index < -0.39 is 6.10 Å². The third-order valence-electron chi connectivity index (χ3n) is 7.25. The number of carbonyl (C=O) groups excluding carboxylic acids is 1. The number of aliphatic hydroxyl groups excluding tert-OH is 1. The molecule has 34 heavy (non-hydrogen) atoms. The average molecular weight is 475 g/mol. The second kappa shape index (κ2) is 14.2. The third-order valence-corrected chi connectivity index (χ3v) is 7.25. The molecule has 5 heteroatoms. The van der Waals surface area contributed by atoms with Gasteiger partial charge >= 0.3 is 5.97 Å². The molecule has 0 saturated carbocycles. The van der Waals surface area contributed by atoms with E-state index >= 15 is 0 Å². The maximum absolute atomic E-state index is 12.9. The second-order valence-electron chi connectivity index (χ2n) is 10.6. The zero-order valence-electron chi connectivity index (χ0n) is 21.4. The van der Waals surface area contributed by atoms with E-state index in [0.717, 1.165) is 32.1 Å². The summed E-state index contributed by atoms with van der Waals surface area (Å²) in [7, 11) is 0. The Morgan fingerprint density at radius 1 is 0.971 bits per heavy atom. The van der Waals surface area contributed by atoms with Crippen LogP contribution in [0.25, 0.3) is 0 Å². The first-order valence-electron chi connectivity index (χ1n) is 13.6. The van der Waals surface area contributed by atoms with Crippen LogP contribution in [-0.2, 0) is 19.0 Å². The summed E-state index contributed by atoms with van der Waals surface area (Å²) in [4.78, 5) is 12.9. The van der Waals surface area contributed by atoms with Crippen LogP contribution >= 0.6 is 0 Å². The van der Waals surface area contributed by atoms with Gasteiger partial charge in [-0.05, 0) is 56.9 Å². The van der Waals surface area contributed by atoms with Gasteiger partial charge < -0.3 is 19.3 Å². The Morgan fingerprint density at radius 2 is 1.71 bits per heavy atom. The molecule has 0 aromatic rings. The van der Waals surface area contributed by atoms with Gasteiger partial charge in [0, 0.05) is 12.3 Å². The fourth-order valence-electron chi connectivity index (χ4n) is 5.34. The van der Waals surface area contributed by atoms with Gasteiger partial charge in [0.05, 0.1) is 36.9 Å². The molecule has 0 aliphatic carbocycles. The molecular formula is C29H46O5. The molecule has 3 heterocycles. The molecule has 3 aliphatic rings. The van der Waals surface area contributed by atoms with Crippen molar-refractivity contribution in [1.29, 1.82) is 0 Å². The van der Waals surface area contributed by atoms with Crippen molar-refractivity contribution in [2.45, 2.75) is 128 Å². The Kier molecular flexibility index (Phi) is 11.4. The lowest BCUT2D eigenvalue weighted by Crippen LogP contribution is -2.40. The lowest BCUT2D eigenvalue weighted by Gasteiger charge is -2.37. The van der Waals surface area contributed by atoms with Crippen molar-refractivity contribution >= 4 is 5.97 Å². The minimum absolute atomic E-state index is 0.0604. The van der Waals surface area contributed by atoms with Gasteiger partial charge in [0.2, 0.25) is 0 Å². The first kappa shape index (κ1) is 27.2. The summed E-state index contributed by atoms with van der Waals surface area (Å²) < 4.78 is 18.6. The molecule has 0 unspecified atom stereocenters. The van der Waals surface area contributed by atoms with Gasteiger partial charge in [-0.2, -0.15) is 0 Å². The standard InChI is InChI=1S/C29H46O5/c1-4-5-6-7-8-9-13-28-22(3)15-14-21(2)16-24-11-10-12-25(32-24)19-26-17-23(30)18-27(33-26)20-29(31)34-28/h7-9,13-15,21-28,30H,4-6,10-12,16-20H2,1-3H3/b8-7-,13-9+,15-14+/t21-,22-,23+,24+,25-,26+,27-,28-/m0/s1. The molecule has 0 spiro atoms. The average Bonchev–Trinajstić information content (AvgIpc) is 2.78. The summed E-state index contributed by atoms with van der Waals surface area (Å²) in [5.41, 5.74) is 0. The molecule has 0 aromatic heterocycles. The van der Waals surface area contributed by atoms with E-state index in [2.05, 4.69) is 39.0 Å². The molecule has 2 saturated heterocycles. The van der Waals surface area contributed by atoms with Crippen molar-refractivity contribution in [2.24, 2.45) is 11.8 Å². The molecule has 0 aromatic carbocycles. The van der Waals surface area contributed by atoms with E-state index in [1.54, 1.807) is 0 Å². The van der Waals surface area contributed by atoms with Crippen molar-refractivity contribution in [3.63, 3.8) is 0 Å². The molecule has 0 amide bonds. The van der Waals surface area contributed by atoms with Crippen molar-refractivity contribution in [1.82, 2.24) is 0 Å². The summed E-state index contributed by atoms with van der Waals surface area (Å²) >= 11 is 0. The van der Waals surface area contributed by atoms with Crippen LogP contribution in [0, 0.1) is 11.8 Å². The molecular weight excluding hydrogens is 428 g/mol. The Balaban J connectivity index is 1.74. The minimum atomic E-state index is -0.444. The van der Waals surface area contributed by atoms with E-state index in [9.17, 15) is 9.90 Å². The molecule has 0 radical (unpaired) electrons. The largest absolute Gasteiger partial charge is 0.457 e. The number of allylic oxidation sites excluding steroid dienone is 4. The fraction of sp³-hybridized carbons (Fsp3) is 0.759. The first-order chi connectivity index (χ1) is 16.4. The van der Waals surface area contributed by atoms with Crippen LogP contribution in [0.1, 0.15) is 91.4 Å². The number of carbonyl (C=O) groups is 1. The van der Waals surface area contributed by atoms with Gasteiger partial charge in [-0.25, -0.2) is 0 Å². The van der Waals surface area contributed by atoms with Crippen molar-refractivity contribution in [3.05, 3.63) is 36.5 Å². The lowest BCUT2D eigenvalue weighted by molar-refractivity contribution is -0.161. The molecule has 3 rings (SSSR count). The number of hydrogen-bond donors (Lipinski definition) is 1. The van der Waals surface area contributed by atoms with Gasteiger partial charge in [-0.1, -0.05) is 64.0 Å². The highest BCUT2D eigenvalue weighted by Gasteiger charge is 2.34. The maximum atomic E-state index is 12.9. The van der Waals surface area contributed by atoms with Crippen LogP contribution < -0.4 is 0 Å². The summed E-state index contributed by atoms with van der Waals surface area (Å²) in [5, 5.41) is 10.4. The fourth-order valence-corrected chi connectivity index (χ4v) is 5.34. The van der Waals surface area contributed by atoms with Crippen molar-refractivity contribution in [3.8, 4) is 0 Å². The number of esters is 1. The highest BCUT2D eigenvalue weighted by atomic mass is 16.6. The third kappa shape index (κ3) is 9.31. The molecule has 5 nitrogen and oxygen atoms in total. The van der Waals surface area contributed by atoms with E-state index in [4.69, 9.17) is 14.2 Å². The van der Waals surface area contributed by atoms with Gasteiger partial charge in [0.15, 0.2) is 0 Å². The predicted octanol–water partition coefficient (Wildman–Crippen LogP) is 6.06. The first-order valence-corrected chi connectivity index (χ1v) is 13.6. The number of ether oxygens (including phenoxy) is 3. The Morgan fingerprint density at radius 3 is 2.50 bits per heavy atom. The number of aliphatic hydroxyl groups is 1. The number of rotatable bonds is 5. The smallest absolute Gasteiger partial charge is 0.309 e. The summed E-state index contributed by atoms with van der Waals surface area (Å²) in [6.07, 6.45) is 21.7. The number of hydrogen-bond acceptors (Lipinski definition) is 5. The highest BCUT2D eigenvalue weighted by molar-refractivity contribution is 5.70. The Bertz CT molecular complexity index is 699. The molecule has 3 aliphatic heterocycles. The molecule has 2 fully saturated rings. The maximum Gasteiger partial charge on any atom is 0.309 e. The lowest BCUT2D eigenvalue weighted by atomic mass is 9.90. The summed E-state index contributed by atoms with van der Waals surface area (Å²) in [5.74, 6) is 0.188. The molecule has 4 bridgehead atoms. The van der Waals surface area contributed by atoms with Crippen LogP contribution in [0.15, 0.2) is 36.5 Å². The van der Waals surface area contributed by atoms with E-state index in [1.165, 1.54) is 19.3 Å². The van der Waals surface area contributed by atoms with Crippen molar-refractivity contribution in [2.75, 3.05) is 0 Å². The van der Waals surface area contributed by atoms with Crippen LogP contribution in [-0.4, -0.2) is 47.7 Å². The monoisotopic (exact) mass is 474 g/mol. The normalized spacial score (nSPS) is 39.2. The number of unbranched alkanes of at least 4 members (excludes halogenated alkanes) is 2. The van der Waals surface area contributed by atoms with Crippen molar-refractivity contribution < 1.29 is 24.1 Å². The summed E-state index contributed by atoms with van der Waals surface area (Å²) in [6, 6.07) is 0. The highest BCUT2D eigenvalue weighted by Crippen LogP contribution is 2.31. The molecule has 8 atom stereocenters. The van der Waals surface area contributed by atoms with Gasteiger partial charge in [0.1, 0.15) is 6.10 Å². The van der Waals surface area contributed by atoms with E-state index in [1.807, 2.05) is 18.2 Å². The Labute approximate surface area is 206 Å². The predicted molar refractivity (Wildman–Crippen MR) is 135 cm³/mol. The van der Waals surface area contributed by atoms with Gasteiger partial charge in [-0.15, -0.1) is 0 Å². The summed E-state index contributed by atoms with van der Waals surface area (Å²) in [6.45, 7) is 6.52. The molecule has 1 N–H and O–H groups in total. The van der Waals surface area contributed by atoms with Crippen LogP contribution in [0.2, 0.25) is 0 Å². The Hall–Kier alpha value is -1.43. The number of cyclic esters (lactones) is 1. The molecule has 192 valence electrons. The topological polar surface area (TPSA) is 65.0 Å². The quantitative estimate of drug-likeness (QED) is 0.227. The number of fused-ring (bicyclic) bond motifs is 4. The zero-order chi connectivity index (χ0) is 24.3. The van der Waals surface area contributed by atoms with Gasteiger partial charge in [-0.3, -0.25) is 4.79 Å².